The van der Waals surface area contributed by atoms with Gasteiger partial charge < -0.3 is 13.9 Å². The average molecular weight is 378 g/mol. The van der Waals surface area contributed by atoms with Gasteiger partial charge in [-0.2, -0.15) is 0 Å². The van der Waals surface area contributed by atoms with Crippen LogP contribution in [0.4, 0.5) is 0 Å². The number of carbonyl (C=O) groups is 3. The predicted octanol–water partition coefficient (Wildman–Crippen LogP) is 1.91. The van der Waals surface area contributed by atoms with Crippen molar-refractivity contribution in [3.63, 3.8) is 0 Å². The number of carbonyl (C=O) groups excluding carboxylic acids is 3. The molecule has 4 heterocycles. The first-order valence-corrected chi connectivity index (χ1v) is 8.95. The molecule has 0 aliphatic carbocycles. The molecule has 2 atom stereocenters. The summed E-state index contributed by atoms with van der Waals surface area (Å²) in [7, 11) is 0. The van der Waals surface area contributed by atoms with Crippen molar-refractivity contribution >= 4 is 17.5 Å². The van der Waals surface area contributed by atoms with Crippen LogP contribution in [0.1, 0.15) is 28.6 Å². The quantitative estimate of drug-likeness (QED) is 0.354. The van der Waals surface area contributed by atoms with Gasteiger partial charge in [0.2, 0.25) is 11.6 Å². The molecule has 2 unspecified atom stereocenters. The van der Waals surface area contributed by atoms with Gasteiger partial charge in [0, 0.05) is 37.9 Å². The van der Waals surface area contributed by atoms with Crippen LogP contribution in [-0.2, 0) is 16.1 Å². The molecule has 1 amide bonds. The maximum atomic E-state index is 12.9. The highest BCUT2D eigenvalue weighted by Crippen LogP contribution is 2.38. The van der Waals surface area contributed by atoms with Crippen LogP contribution in [0.3, 0.4) is 0 Å². The van der Waals surface area contributed by atoms with Crippen LogP contribution in [0.5, 0.6) is 0 Å². The van der Waals surface area contributed by atoms with E-state index in [1.165, 1.54) is 17.2 Å². The van der Waals surface area contributed by atoms with Gasteiger partial charge in [-0.1, -0.05) is 6.07 Å². The minimum Gasteiger partial charge on any atom is -0.461 e. The smallest absolute Gasteiger partial charge is 0.291 e. The number of aromatic nitrogens is 3. The molecule has 1 aliphatic rings. The molecule has 1 aliphatic heterocycles. The lowest BCUT2D eigenvalue weighted by atomic mass is 9.89. The molecule has 0 aromatic carbocycles. The highest BCUT2D eigenvalue weighted by Gasteiger charge is 2.52. The summed E-state index contributed by atoms with van der Waals surface area (Å²) >= 11 is 0. The molecule has 0 radical (unpaired) electrons. The number of furan rings is 1. The van der Waals surface area contributed by atoms with E-state index >= 15 is 0 Å². The van der Waals surface area contributed by atoms with Gasteiger partial charge in [0.05, 0.1) is 18.6 Å². The highest BCUT2D eigenvalue weighted by molar-refractivity contribution is 6.43. The second-order valence-corrected chi connectivity index (χ2v) is 6.57. The number of hydrogen-bond acceptors (Lipinski definition) is 6. The Morgan fingerprint density at radius 2 is 2.00 bits per heavy atom. The van der Waals surface area contributed by atoms with Gasteiger partial charge in [0.25, 0.3) is 5.91 Å². The number of imidazole rings is 1. The topological polar surface area (TPSA) is 98.3 Å². The Bertz CT molecular complexity index is 967. The van der Waals surface area contributed by atoms with E-state index in [9.17, 15) is 14.4 Å². The molecule has 28 heavy (non-hydrogen) atoms. The van der Waals surface area contributed by atoms with Crippen LogP contribution in [0, 0.1) is 5.92 Å². The summed E-state index contributed by atoms with van der Waals surface area (Å²) < 4.78 is 7.08. The first-order valence-electron chi connectivity index (χ1n) is 8.95. The van der Waals surface area contributed by atoms with Gasteiger partial charge in [-0.25, -0.2) is 4.98 Å². The van der Waals surface area contributed by atoms with E-state index in [1.807, 2.05) is 10.8 Å². The summed E-state index contributed by atoms with van der Waals surface area (Å²) in [5.74, 6) is -2.92. The molecule has 142 valence electrons. The molecule has 8 heteroatoms. The lowest BCUT2D eigenvalue weighted by molar-refractivity contribution is -0.140. The van der Waals surface area contributed by atoms with Gasteiger partial charge in [-0.15, -0.1) is 0 Å². The largest absolute Gasteiger partial charge is 0.461 e. The van der Waals surface area contributed by atoms with E-state index < -0.39 is 29.4 Å². The van der Waals surface area contributed by atoms with E-state index in [1.54, 1.807) is 43.1 Å². The third-order valence-corrected chi connectivity index (χ3v) is 4.85. The molecule has 1 saturated heterocycles. The van der Waals surface area contributed by atoms with Crippen molar-refractivity contribution in [3.05, 3.63) is 73.0 Å². The first kappa shape index (κ1) is 17.8. The number of aryl methyl sites for hydroxylation is 1. The number of likely N-dealkylation sites (tertiary alicyclic amines) is 1. The van der Waals surface area contributed by atoms with E-state index in [-0.39, 0.29) is 5.76 Å². The van der Waals surface area contributed by atoms with Crippen molar-refractivity contribution in [2.75, 3.05) is 6.54 Å². The minimum absolute atomic E-state index is 0.0697. The van der Waals surface area contributed by atoms with Gasteiger partial charge in [0.1, 0.15) is 5.92 Å². The van der Waals surface area contributed by atoms with Crippen molar-refractivity contribution in [2.24, 2.45) is 5.92 Å². The van der Waals surface area contributed by atoms with Crippen molar-refractivity contribution in [2.45, 2.75) is 19.0 Å². The van der Waals surface area contributed by atoms with E-state index in [4.69, 9.17) is 4.42 Å². The third-order valence-electron chi connectivity index (χ3n) is 4.85. The summed E-state index contributed by atoms with van der Waals surface area (Å²) in [6, 6.07) is 5.88. The number of hydrogen-bond donors (Lipinski definition) is 0. The number of pyridine rings is 1. The number of amides is 1. The molecule has 3 aromatic heterocycles. The Hall–Kier alpha value is -3.55. The van der Waals surface area contributed by atoms with Crippen molar-refractivity contribution in [3.8, 4) is 0 Å². The van der Waals surface area contributed by atoms with Crippen molar-refractivity contribution in [1.29, 1.82) is 0 Å². The van der Waals surface area contributed by atoms with Gasteiger partial charge in [-0.05, 0) is 30.2 Å². The summed E-state index contributed by atoms with van der Waals surface area (Å²) in [4.78, 5) is 47.9. The Kier molecular flexibility index (Phi) is 4.84. The van der Waals surface area contributed by atoms with Crippen molar-refractivity contribution in [1.82, 2.24) is 19.4 Å². The molecule has 3 aromatic rings. The fourth-order valence-electron chi connectivity index (χ4n) is 3.57. The van der Waals surface area contributed by atoms with Crippen LogP contribution in [0.2, 0.25) is 0 Å². The molecule has 0 N–H and O–H groups in total. The minimum atomic E-state index is -1.14. The predicted molar refractivity (Wildman–Crippen MR) is 97.1 cm³/mol. The van der Waals surface area contributed by atoms with E-state index in [0.717, 1.165) is 0 Å². The van der Waals surface area contributed by atoms with Crippen LogP contribution in [-0.4, -0.2) is 43.5 Å². The van der Waals surface area contributed by atoms with Crippen LogP contribution in [0.25, 0.3) is 0 Å². The lowest BCUT2D eigenvalue weighted by Crippen LogP contribution is -2.32. The molecule has 0 bridgehead atoms. The zero-order chi connectivity index (χ0) is 19.5. The van der Waals surface area contributed by atoms with Crippen LogP contribution >= 0.6 is 0 Å². The Morgan fingerprint density at radius 3 is 2.68 bits per heavy atom. The third kappa shape index (κ3) is 3.24. The number of Topliss-reactive ketones (excluding diaryl/α,β-unsaturated/α-hetero) is 2. The lowest BCUT2D eigenvalue weighted by Gasteiger charge is -2.26. The first-order chi connectivity index (χ1) is 13.7. The maximum absolute atomic E-state index is 12.9. The highest BCUT2D eigenvalue weighted by atomic mass is 16.3. The summed E-state index contributed by atoms with van der Waals surface area (Å²) in [5, 5.41) is 0. The Morgan fingerprint density at radius 1 is 1.11 bits per heavy atom. The second kappa shape index (κ2) is 7.59. The van der Waals surface area contributed by atoms with Crippen LogP contribution < -0.4 is 0 Å². The maximum Gasteiger partial charge on any atom is 0.291 e. The summed E-state index contributed by atoms with van der Waals surface area (Å²) in [6.45, 7) is 0.985. The van der Waals surface area contributed by atoms with Crippen LogP contribution in [0.15, 0.2) is 66.1 Å². The standard InChI is InChI=1S/C20H18N4O4/c25-18(15-5-2-11-28-15)16-17(14-4-1-6-21-12-14)24(20(27)19(16)26)9-3-8-23-10-7-22-13-23/h1-2,4-7,10-13,16-17H,3,8-9H2. The van der Waals surface area contributed by atoms with E-state index in [2.05, 4.69) is 9.97 Å². The summed E-state index contributed by atoms with van der Waals surface area (Å²) in [6.07, 6.45) is 10.4. The molecule has 0 spiro atoms. The van der Waals surface area contributed by atoms with Gasteiger partial charge in [0.15, 0.2) is 5.76 Å². The number of nitrogens with zero attached hydrogens (tertiary/aromatic N) is 4. The fraction of sp³-hybridized carbons (Fsp3) is 0.250. The van der Waals surface area contributed by atoms with E-state index in [0.29, 0.717) is 25.1 Å². The SMILES string of the molecule is O=C1C(=O)N(CCCn2ccnc2)C(c2cccnc2)C1C(=O)c1ccco1. The molecular formula is C20H18N4O4. The fourth-order valence-corrected chi connectivity index (χ4v) is 3.57. The Labute approximate surface area is 160 Å². The van der Waals surface area contributed by atoms with Crippen molar-refractivity contribution < 1.29 is 18.8 Å². The number of rotatable bonds is 7. The molecule has 1 fully saturated rings. The molecular weight excluding hydrogens is 360 g/mol. The zero-order valence-electron chi connectivity index (χ0n) is 15.0. The summed E-state index contributed by atoms with van der Waals surface area (Å²) in [5.41, 5.74) is 0.647. The molecule has 0 saturated carbocycles. The molecule has 8 nitrogen and oxygen atoms in total. The number of ketones is 2. The normalized spacial score (nSPS) is 19.4. The second-order valence-electron chi connectivity index (χ2n) is 6.57. The average Bonchev–Trinajstić information content (AvgIpc) is 3.46. The van der Waals surface area contributed by atoms with Gasteiger partial charge >= 0.3 is 0 Å². The van der Waals surface area contributed by atoms with Gasteiger partial charge in [-0.3, -0.25) is 19.4 Å². The monoisotopic (exact) mass is 378 g/mol. The Balaban J connectivity index is 1.63. The zero-order valence-corrected chi connectivity index (χ0v) is 15.0. The molecule has 4 rings (SSSR count).